The van der Waals surface area contributed by atoms with E-state index in [1.807, 2.05) is 30.3 Å². The highest BCUT2D eigenvalue weighted by molar-refractivity contribution is 5.96. The summed E-state index contributed by atoms with van der Waals surface area (Å²) in [6, 6.07) is 15.9. The average Bonchev–Trinajstić information content (AvgIpc) is 2.77. The number of nitrogens with one attached hydrogen (secondary N) is 1. The fourth-order valence-corrected chi connectivity index (χ4v) is 3.25. The van der Waals surface area contributed by atoms with Gasteiger partial charge in [0.05, 0.1) is 0 Å². The molecule has 3 rings (SSSR count). The number of hydrogen-bond acceptors (Lipinski definition) is 5. The van der Waals surface area contributed by atoms with Gasteiger partial charge in [0.25, 0.3) is 11.8 Å². The number of carbonyl (C=O) groups is 3. The third kappa shape index (κ3) is 6.34. The molecule has 2 aromatic carbocycles. The number of nitrogens with zero attached hydrogens (tertiary/aromatic N) is 1. The number of piperidine rings is 1. The second kappa shape index (κ2) is 10.4. The van der Waals surface area contributed by atoms with E-state index in [-0.39, 0.29) is 19.1 Å². The summed E-state index contributed by atoms with van der Waals surface area (Å²) in [7, 11) is 0. The standard InChI is InChI=1S/C23H26N2O5/c1-17-6-5-13-25(15-17)21(26)16-29-22(27)14-24-23(28)18-9-11-20(12-10-18)30-19-7-3-2-4-8-19/h2-4,7-12,17H,5-6,13-16H2,1H3,(H,24,28)/t17-/m1/s1. The molecule has 0 aromatic heterocycles. The molecule has 7 nitrogen and oxygen atoms in total. The van der Waals surface area contributed by atoms with E-state index in [0.717, 1.165) is 12.8 Å². The van der Waals surface area contributed by atoms with Gasteiger partial charge in [-0.3, -0.25) is 14.4 Å². The molecule has 7 heteroatoms. The minimum Gasteiger partial charge on any atom is -0.457 e. The molecule has 0 spiro atoms. The van der Waals surface area contributed by atoms with Gasteiger partial charge in [-0.15, -0.1) is 0 Å². The van der Waals surface area contributed by atoms with Crippen LogP contribution >= 0.6 is 0 Å². The Bertz CT molecular complexity index is 867. The molecule has 2 amide bonds. The van der Waals surface area contributed by atoms with Crippen molar-refractivity contribution in [1.29, 1.82) is 0 Å². The predicted molar refractivity (Wildman–Crippen MR) is 111 cm³/mol. The number of rotatable bonds is 7. The van der Waals surface area contributed by atoms with E-state index >= 15 is 0 Å². The molecule has 0 bridgehead atoms. The maximum atomic E-state index is 12.2. The van der Waals surface area contributed by atoms with E-state index in [2.05, 4.69) is 12.2 Å². The van der Waals surface area contributed by atoms with Crippen molar-refractivity contribution >= 4 is 17.8 Å². The van der Waals surface area contributed by atoms with E-state index in [4.69, 9.17) is 9.47 Å². The minimum atomic E-state index is -0.647. The highest BCUT2D eigenvalue weighted by Gasteiger charge is 2.21. The summed E-state index contributed by atoms with van der Waals surface area (Å²) in [6.07, 6.45) is 2.07. The molecule has 1 fully saturated rings. The molecule has 0 aliphatic carbocycles. The van der Waals surface area contributed by atoms with Crippen molar-refractivity contribution in [1.82, 2.24) is 10.2 Å². The second-order valence-corrected chi connectivity index (χ2v) is 7.37. The van der Waals surface area contributed by atoms with Crippen LogP contribution in [0.2, 0.25) is 0 Å². The number of benzene rings is 2. The Balaban J connectivity index is 1.40. The lowest BCUT2D eigenvalue weighted by Crippen LogP contribution is -2.42. The van der Waals surface area contributed by atoms with Crippen LogP contribution < -0.4 is 10.1 Å². The zero-order chi connectivity index (χ0) is 21.3. The molecule has 1 N–H and O–H groups in total. The highest BCUT2D eigenvalue weighted by Crippen LogP contribution is 2.21. The molecule has 1 aliphatic heterocycles. The summed E-state index contributed by atoms with van der Waals surface area (Å²) in [5.74, 6) is 0.506. The van der Waals surface area contributed by atoms with Crippen LogP contribution in [0, 0.1) is 5.92 Å². The van der Waals surface area contributed by atoms with Gasteiger partial charge in [-0.1, -0.05) is 25.1 Å². The Hall–Kier alpha value is -3.35. The molecular formula is C23H26N2O5. The number of amides is 2. The normalized spacial score (nSPS) is 15.9. The first-order valence-electron chi connectivity index (χ1n) is 10.1. The molecular weight excluding hydrogens is 384 g/mol. The van der Waals surface area contributed by atoms with Crippen LogP contribution in [0.25, 0.3) is 0 Å². The number of likely N-dealkylation sites (tertiary alicyclic amines) is 1. The predicted octanol–water partition coefficient (Wildman–Crippen LogP) is 3.01. The zero-order valence-electron chi connectivity index (χ0n) is 17.0. The molecule has 0 radical (unpaired) electrons. The lowest BCUT2D eigenvalue weighted by molar-refractivity contribution is -0.151. The number of para-hydroxylation sites is 1. The maximum absolute atomic E-state index is 12.2. The first-order chi connectivity index (χ1) is 14.5. The summed E-state index contributed by atoms with van der Waals surface area (Å²) in [5.41, 5.74) is 0.390. The Morgan fingerprint density at radius 3 is 2.43 bits per heavy atom. The van der Waals surface area contributed by atoms with Gasteiger partial charge >= 0.3 is 5.97 Å². The zero-order valence-corrected chi connectivity index (χ0v) is 17.0. The monoisotopic (exact) mass is 410 g/mol. The van der Waals surface area contributed by atoms with E-state index in [1.54, 1.807) is 29.2 Å². The summed E-state index contributed by atoms with van der Waals surface area (Å²) < 4.78 is 10.7. The Morgan fingerprint density at radius 2 is 1.73 bits per heavy atom. The van der Waals surface area contributed by atoms with Gasteiger partial charge in [-0.05, 0) is 55.2 Å². The van der Waals surface area contributed by atoms with Crippen LogP contribution in [-0.2, 0) is 14.3 Å². The van der Waals surface area contributed by atoms with E-state index in [1.165, 1.54) is 0 Å². The molecule has 1 aliphatic rings. The van der Waals surface area contributed by atoms with Crippen LogP contribution in [0.3, 0.4) is 0 Å². The third-order valence-corrected chi connectivity index (χ3v) is 4.86. The number of hydrogen-bond donors (Lipinski definition) is 1. The van der Waals surface area contributed by atoms with Gasteiger partial charge in [0.15, 0.2) is 6.61 Å². The third-order valence-electron chi connectivity index (χ3n) is 4.86. The van der Waals surface area contributed by atoms with Crippen molar-refractivity contribution < 1.29 is 23.9 Å². The van der Waals surface area contributed by atoms with Gasteiger partial charge in [0.1, 0.15) is 18.0 Å². The van der Waals surface area contributed by atoms with Crippen molar-refractivity contribution in [3.8, 4) is 11.5 Å². The minimum absolute atomic E-state index is 0.199. The van der Waals surface area contributed by atoms with Gasteiger partial charge in [0.2, 0.25) is 0 Å². The highest BCUT2D eigenvalue weighted by atomic mass is 16.5. The number of ether oxygens (including phenoxy) is 2. The summed E-state index contributed by atoms with van der Waals surface area (Å²) in [6.45, 7) is 2.89. The topological polar surface area (TPSA) is 84.9 Å². The first-order valence-corrected chi connectivity index (χ1v) is 10.1. The Kier molecular flexibility index (Phi) is 7.43. The Morgan fingerprint density at radius 1 is 1.03 bits per heavy atom. The fraction of sp³-hybridized carbons (Fsp3) is 0.348. The molecule has 1 atom stereocenters. The van der Waals surface area contributed by atoms with Crippen LogP contribution in [0.15, 0.2) is 54.6 Å². The molecule has 30 heavy (non-hydrogen) atoms. The molecule has 158 valence electrons. The quantitative estimate of drug-likeness (QED) is 0.710. The largest absolute Gasteiger partial charge is 0.457 e. The van der Waals surface area contributed by atoms with Crippen molar-refractivity contribution in [2.24, 2.45) is 5.92 Å². The van der Waals surface area contributed by atoms with Gasteiger partial charge in [-0.2, -0.15) is 0 Å². The van der Waals surface area contributed by atoms with Crippen molar-refractivity contribution in [2.45, 2.75) is 19.8 Å². The van der Waals surface area contributed by atoms with Crippen molar-refractivity contribution in [3.05, 3.63) is 60.2 Å². The first kappa shape index (κ1) is 21.4. The van der Waals surface area contributed by atoms with E-state index < -0.39 is 11.9 Å². The SMILES string of the molecule is C[C@@H]1CCCN(C(=O)COC(=O)CNC(=O)c2ccc(Oc3ccccc3)cc2)C1. The molecule has 0 unspecified atom stereocenters. The van der Waals surface area contributed by atoms with Crippen molar-refractivity contribution in [3.63, 3.8) is 0 Å². The van der Waals surface area contributed by atoms with Crippen LogP contribution in [0.5, 0.6) is 11.5 Å². The van der Waals surface area contributed by atoms with Crippen LogP contribution in [-0.4, -0.2) is 48.9 Å². The summed E-state index contributed by atoms with van der Waals surface area (Å²) in [5, 5.41) is 2.50. The average molecular weight is 410 g/mol. The maximum Gasteiger partial charge on any atom is 0.325 e. The lowest BCUT2D eigenvalue weighted by atomic mass is 10.0. The van der Waals surface area contributed by atoms with E-state index in [9.17, 15) is 14.4 Å². The van der Waals surface area contributed by atoms with Crippen LogP contribution in [0.4, 0.5) is 0 Å². The summed E-state index contributed by atoms with van der Waals surface area (Å²) in [4.78, 5) is 37.9. The fourth-order valence-electron chi connectivity index (χ4n) is 3.25. The second-order valence-electron chi connectivity index (χ2n) is 7.37. The smallest absolute Gasteiger partial charge is 0.325 e. The lowest BCUT2D eigenvalue weighted by Gasteiger charge is -2.30. The Labute approximate surface area is 176 Å². The molecule has 1 heterocycles. The molecule has 1 saturated heterocycles. The summed E-state index contributed by atoms with van der Waals surface area (Å²) >= 11 is 0. The van der Waals surface area contributed by atoms with Gasteiger partial charge in [0, 0.05) is 18.7 Å². The number of carbonyl (C=O) groups excluding carboxylic acids is 3. The van der Waals surface area contributed by atoms with E-state index in [0.29, 0.717) is 36.1 Å². The molecule has 2 aromatic rings. The number of esters is 1. The van der Waals surface area contributed by atoms with Crippen LogP contribution in [0.1, 0.15) is 30.1 Å². The van der Waals surface area contributed by atoms with Crippen molar-refractivity contribution in [2.75, 3.05) is 26.2 Å². The van der Waals surface area contributed by atoms with Gasteiger partial charge in [-0.25, -0.2) is 0 Å². The molecule has 0 saturated carbocycles. The van der Waals surface area contributed by atoms with Gasteiger partial charge < -0.3 is 19.7 Å².